The van der Waals surface area contributed by atoms with Crippen LogP contribution in [-0.2, 0) is 12.8 Å². The molecular formula is C23H20O2. The highest BCUT2D eigenvalue weighted by atomic mass is 16.5. The Morgan fingerprint density at radius 2 is 1.64 bits per heavy atom. The number of phenols is 1. The Balaban J connectivity index is 1.95. The van der Waals surface area contributed by atoms with E-state index in [1.807, 2.05) is 18.2 Å². The Labute approximate surface area is 148 Å². The molecule has 124 valence electrons. The van der Waals surface area contributed by atoms with Crippen LogP contribution in [0.15, 0.2) is 66.7 Å². The number of hydrogen-bond acceptors (Lipinski definition) is 2. The third-order valence-corrected chi connectivity index (χ3v) is 4.76. The lowest BCUT2D eigenvalue weighted by Crippen LogP contribution is -1.94. The van der Waals surface area contributed by atoms with E-state index in [-0.39, 0.29) is 5.75 Å². The third-order valence-electron chi connectivity index (χ3n) is 4.76. The number of benzene rings is 3. The van der Waals surface area contributed by atoms with Gasteiger partial charge >= 0.3 is 0 Å². The smallest absolute Gasteiger partial charge is 0.119 e. The van der Waals surface area contributed by atoms with E-state index in [2.05, 4.69) is 42.5 Å². The fraction of sp³-hybridized carbons (Fsp3) is 0.130. The van der Waals surface area contributed by atoms with Gasteiger partial charge < -0.3 is 9.84 Å². The molecule has 2 heteroatoms. The maximum Gasteiger partial charge on any atom is 0.119 e. The average molecular weight is 328 g/mol. The molecule has 0 aromatic heterocycles. The maximum absolute atomic E-state index is 9.81. The van der Waals surface area contributed by atoms with Gasteiger partial charge in [-0.15, -0.1) is 0 Å². The van der Waals surface area contributed by atoms with E-state index in [0.29, 0.717) is 0 Å². The zero-order valence-corrected chi connectivity index (χ0v) is 14.2. The lowest BCUT2D eigenvalue weighted by molar-refractivity contribution is 0.414. The number of aromatic hydroxyl groups is 1. The van der Waals surface area contributed by atoms with Gasteiger partial charge in [-0.1, -0.05) is 42.5 Å². The number of methoxy groups -OCH3 is 1. The van der Waals surface area contributed by atoms with E-state index in [0.717, 1.165) is 24.2 Å². The minimum absolute atomic E-state index is 0.284. The van der Waals surface area contributed by atoms with Crippen molar-refractivity contribution in [2.24, 2.45) is 0 Å². The third kappa shape index (κ3) is 3.03. The topological polar surface area (TPSA) is 29.5 Å². The minimum Gasteiger partial charge on any atom is -0.508 e. The number of aryl methyl sites for hydroxylation is 2. The summed E-state index contributed by atoms with van der Waals surface area (Å²) in [4.78, 5) is 0. The van der Waals surface area contributed by atoms with E-state index in [1.54, 1.807) is 19.2 Å². The Morgan fingerprint density at radius 3 is 2.48 bits per heavy atom. The Hall–Kier alpha value is -3.00. The highest BCUT2D eigenvalue weighted by Crippen LogP contribution is 2.36. The van der Waals surface area contributed by atoms with E-state index in [4.69, 9.17) is 4.74 Å². The normalized spacial score (nSPS) is 14.5. The summed E-state index contributed by atoms with van der Waals surface area (Å²) in [5.41, 5.74) is 7.32. The molecule has 0 saturated carbocycles. The van der Waals surface area contributed by atoms with Crippen LogP contribution in [0.4, 0.5) is 0 Å². The summed E-state index contributed by atoms with van der Waals surface area (Å²) in [5, 5.41) is 9.81. The van der Waals surface area contributed by atoms with Crippen molar-refractivity contribution in [2.75, 3.05) is 7.11 Å². The maximum atomic E-state index is 9.81. The predicted octanol–water partition coefficient (Wildman–Crippen LogP) is 5.09. The molecular weight excluding hydrogens is 308 g/mol. The number of phenolic OH excluding ortho intramolecular Hbond substituents is 1. The Morgan fingerprint density at radius 1 is 0.840 bits per heavy atom. The zero-order valence-electron chi connectivity index (χ0n) is 14.2. The van der Waals surface area contributed by atoms with E-state index < -0.39 is 0 Å². The molecule has 0 unspecified atom stereocenters. The van der Waals surface area contributed by atoms with Crippen LogP contribution < -0.4 is 4.74 Å². The molecule has 0 bridgehead atoms. The number of fused-ring (bicyclic) bond motifs is 2. The second-order valence-corrected chi connectivity index (χ2v) is 6.33. The van der Waals surface area contributed by atoms with E-state index in [9.17, 15) is 5.11 Å². The fourth-order valence-corrected chi connectivity index (χ4v) is 3.52. The largest absolute Gasteiger partial charge is 0.508 e. The minimum atomic E-state index is 0.284. The average Bonchev–Trinajstić information content (AvgIpc) is 2.79. The van der Waals surface area contributed by atoms with Gasteiger partial charge in [-0.05, 0) is 76.6 Å². The molecule has 0 saturated heterocycles. The molecule has 0 heterocycles. The summed E-state index contributed by atoms with van der Waals surface area (Å²) in [6.45, 7) is 0. The van der Waals surface area contributed by atoms with Gasteiger partial charge in [-0.2, -0.15) is 0 Å². The van der Waals surface area contributed by atoms with Crippen molar-refractivity contribution in [1.82, 2.24) is 0 Å². The first-order valence-electron chi connectivity index (χ1n) is 8.51. The standard InChI is InChI=1S/C23H20O2/c1-25-20-11-12-22-18(15-20)10-9-17-6-2-3-8-21(17)23(22)14-16-5-4-7-19(24)13-16/h2-8,11-15,24H,9-10H2,1H3/b23-14+. The second-order valence-electron chi connectivity index (χ2n) is 6.33. The van der Waals surface area contributed by atoms with Gasteiger partial charge in [0.15, 0.2) is 0 Å². The molecule has 1 N–H and O–H groups in total. The Bertz CT molecular complexity index is 954. The summed E-state index contributed by atoms with van der Waals surface area (Å²) in [7, 11) is 1.71. The molecule has 0 amide bonds. The van der Waals surface area contributed by atoms with E-state index >= 15 is 0 Å². The molecule has 3 aromatic rings. The molecule has 25 heavy (non-hydrogen) atoms. The monoisotopic (exact) mass is 328 g/mol. The fourth-order valence-electron chi connectivity index (χ4n) is 3.52. The molecule has 0 fully saturated rings. The molecule has 0 spiro atoms. The summed E-state index contributed by atoms with van der Waals surface area (Å²) in [5.74, 6) is 1.17. The molecule has 0 atom stereocenters. The van der Waals surface area contributed by atoms with Crippen LogP contribution in [0.3, 0.4) is 0 Å². The van der Waals surface area contributed by atoms with E-state index in [1.165, 1.54) is 27.8 Å². The number of ether oxygens (including phenoxy) is 1. The summed E-state index contributed by atoms with van der Waals surface area (Å²) in [6.07, 6.45) is 4.16. The van der Waals surface area contributed by atoms with Gasteiger partial charge in [0, 0.05) is 0 Å². The van der Waals surface area contributed by atoms with Crippen LogP contribution in [0.1, 0.15) is 27.8 Å². The zero-order chi connectivity index (χ0) is 17.2. The molecule has 3 aromatic carbocycles. The molecule has 1 aliphatic rings. The predicted molar refractivity (Wildman–Crippen MR) is 102 cm³/mol. The SMILES string of the molecule is COc1ccc2c(c1)CCc1ccccc1/C2=C\c1cccc(O)c1. The van der Waals surface area contributed by atoms with Gasteiger partial charge in [0.05, 0.1) is 7.11 Å². The first kappa shape index (κ1) is 15.5. The molecule has 1 aliphatic carbocycles. The molecule has 2 nitrogen and oxygen atoms in total. The van der Waals surface area contributed by atoms with Crippen LogP contribution in [0.5, 0.6) is 11.5 Å². The number of hydrogen-bond donors (Lipinski definition) is 1. The van der Waals surface area contributed by atoms with Crippen molar-refractivity contribution in [1.29, 1.82) is 0 Å². The van der Waals surface area contributed by atoms with Gasteiger partial charge in [0.25, 0.3) is 0 Å². The Kier molecular flexibility index (Phi) is 4.02. The van der Waals surface area contributed by atoms with Crippen LogP contribution in [0, 0.1) is 0 Å². The van der Waals surface area contributed by atoms with Gasteiger partial charge in [0.2, 0.25) is 0 Å². The molecule has 0 aliphatic heterocycles. The van der Waals surface area contributed by atoms with Gasteiger partial charge in [0.1, 0.15) is 11.5 Å². The van der Waals surface area contributed by atoms with Crippen molar-refractivity contribution in [2.45, 2.75) is 12.8 Å². The van der Waals surface area contributed by atoms with Crippen molar-refractivity contribution >= 4 is 11.6 Å². The second kappa shape index (κ2) is 6.48. The van der Waals surface area contributed by atoms with Crippen LogP contribution in [0.25, 0.3) is 11.6 Å². The van der Waals surface area contributed by atoms with Crippen molar-refractivity contribution in [3.05, 3.63) is 94.5 Å². The molecule has 4 rings (SSSR count). The number of rotatable bonds is 2. The lowest BCUT2D eigenvalue weighted by Gasteiger charge is -2.13. The quantitative estimate of drug-likeness (QED) is 0.710. The first-order chi connectivity index (χ1) is 12.2. The molecule has 0 radical (unpaired) electrons. The van der Waals surface area contributed by atoms with Crippen LogP contribution in [0.2, 0.25) is 0 Å². The van der Waals surface area contributed by atoms with Crippen molar-refractivity contribution in [3.8, 4) is 11.5 Å². The van der Waals surface area contributed by atoms with Crippen LogP contribution >= 0.6 is 0 Å². The highest BCUT2D eigenvalue weighted by molar-refractivity contribution is 5.94. The summed E-state index contributed by atoms with van der Waals surface area (Å²) >= 11 is 0. The summed E-state index contributed by atoms with van der Waals surface area (Å²) in [6, 6.07) is 22.3. The van der Waals surface area contributed by atoms with Gasteiger partial charge in [-0.3, -0.25) is 0 Å². The van der Waals surface area contributed by atoms with Crippen molar-refractivity contribution in [3.63, 3.8) is 0 Å². The van der Waals surface area contributed by atoms with Crippen LogP contribution in [-0.4, -0.2) is 12.2 Å². The first-order valence-corrected chi connectivity index (χ1v) is 8.51. The van der Waals surface area contributed by atoms with Crippen molar-refractivity contribution < 1.29 is 9.84 Å². The summed E-state index contributed by atoms with van der Waals surface area (Å²) < 4.78 is 5.41. The highest BCUT2D eigenvalue weighted by Gasteiger charge is 2.18. The van der Waals surface area contributed by atoms with Gasteiger partial charge in [-0.25, -0.2) is 0 Å². The lowest BCUT2D eigenvalue weighted by atomic mass is 9.92.